The van der Waals surface area contributed by atoms with Crippen molar-refractivity contribution in [3.8, 4) is 5.69 Å². The van der Waals surface area contributed by atoms with Gasteiger partial charge in [-0.2, -0.15) is 0 Å². The van der Waals surface area contributed by atoms with E-state index in [1.165, 1.54) is 0 Å². The van der Waals surface area contributed by atoms with E-state index in [9.17, 15) is 4.79 Å². The van der Waals surface area contributed by atoms with Gasteiger partial charge in [-0.05, 0) is 43.5 Å². The Kier molecular flexibility index (Phi) is 5.32. The van der Waals surface area contributed by atoms with Crippen LogP contribution < -0.4 is 16.6 Å². The van der Waals surface area contributed by atoms with Crippen molar-refractivity contribution in [1.29, 1.82) is 0 Å². The first-order chi connectivity index (χ1) is 14.9. The van der Waals surface area contributed by atoms with Crippen LogP contribution in [-0.2, 0) is 0 Å². The van der Waals surface area contributed by atoms with Crippen LogP contribution in [0.15, 0.2) is 59.4 Å². The highest BCUT2D eigenvalue weighted by atomic mass is 35.5. The molecule has 154 valence electrons. The fourth-order valence-electron chi connectivity index (χ4n) is 3.60. The van der Waals surface area contributed by atoms with Crippen LogP contribution in [0, 0.1) is 13.5 Å². The molecule has 3 N–H and O–H groups in total. The Bertz CT molecular complexity index is 1390. The summed E-state index contributed by atoms with van der Waals surface area (Å²) in [6.45, 7) is 11.1. The molecule has 8 heteroatoms. The monoisotopic (exact) mass is 430 g/mol. The first kappa shape index (κ1) is 20.4. The summed E-state index contributed by atoms with van der Waals surface area (Å²) in [4.78, 5) is 25.3. The minimum Gasteiger partial charge on any atom is -0.371 e. The molecule has 0 aliphatic carbocycles. The van der Waals surface area contributed by atoms with Gasteiger partial charge in [0.2, 0.25) is 11.6 Å². The van der Waals surface area contributed by atoms with Crippen molar-refractivity contribution in [2.75, 3.05) is 11.1 Å². The Morgan fingerprint density at radius 2 is 1.90 bits per heavy atom. The van der Waals surface area contributed by atoms with E-state index < -0.39 is 0 Å². The molecule has 0 aliphatic heterocycles. The van der Waals surface area contributed by atoms with Crippen LogP contribution in [0.5, 0.6) is 0 Å². The summed E-state index contributed by atoms with van der Waals surface area (Å²) in [6.07, 6.45) is 0. The van der Waals surface area contributed by atoms with Crippen molar-refractivity contribution in [1.82, 2.24) is 14.5 Å². The number of benzene rings is 2. The molecular formula is C23H19ClN6O. The van der Waals surface area contributed by atoms with Gasteiger partial charge in [0.1, 0.15) is 5.82 Å². The Morgan fingerprint density at radius 1 is 1.16 bits per heavy atom. The number of anilines is 2. The van der Waals surface area contributed by atoms with E-state index in [1.807, 2.05) is 55.5 Å². The number of nitrogens with one attached hydrogen (secondary N) is 1. The molecule has 7 nitrogen and oxygen atoms in total. The van der Waals surface area contributed by atoms with E-state index in [2.05, 4.69) is 20.1 Å². The zero-order chi connectivity index (χ0) is 22.1. The van der Waals surface area contributed by atoms with E-state index in [4.69, 9.17) is 23.9 Å². The quantitative estimate of drug-likeness (QED) is 0.442. The smallest absolute Gasteiger partial charge is 0.264 e. The number of hydrogen-bond acceptors (Lipinski definition) is 5. The fraction of sp³-hybridized carbons (Fsp3) is 0.130. The number of halogens is 1. The number of nitrogens with two attached hydrogens (primary N) is 1. The number of nitrogen functional groups attached to an aromatic ring is 1. The minimum atomic E-state index is -0.384. The van der Waals surface area contributed by atoms with Crippen LogP contribution in [0.4, 0.5) is 17.5 Å². The van der Waals surface area contributed by atoms with Gasteiger partial charge in [0, 0.05) is 11.4 Å². The average molecular weight is 431 g/mol. The van der Waals surface area contributed by atoms with Gasteiger partial charge in [0.25, 0.3) is 5.56 Å². The van der Waals surface area contributed by atoms with Gasteiger partial charge in [-0.1, -0.05) is 41.9 Å². The highest BCUT2D eigenvalue weighted by Gasteiger charge is 2.20. The molecule has 4 aromatic rings. The Morgan fingerprint density at radius 3 is 2.61 bits per heavy atom. The molecule has 2 heterocycles. The van der Waals surface area contributed by atoms with Gasteiger partial charge in [-0.3, -0.25) is 9.36 Å². The van der Waals surface area contributed by atoms with Crippen LogP contribution in [0.3, 0.4) is 0 Å². The lowest BCUT2D eigenvalue weighted by Gasteiger charge is -2.22. The zero-order valence-electron chi connectivity index (χ0n) is 16.9. The maximum Gasteiger partial charge on any atom is 0.264 e. The summed E-state index contributed by atoms with van der Waals surface area (Å²) < 4.78 is 1.63. The van der Waals surface area contributed by atoms with Crippen LogP contribution in [-0.4, -0.2) is 14.5 Å². The maximum atomic E-state index is 13.5. The van der Waals surface area contributed by atoms with Crippen molar-refractivity contribution in [3.63, 3.8) is 0 Å². The lowest BCUT2D eigenvalue weighted by atomic mass is 10.1. The molecule has 2 aromatic heterocycles. The number of nitrogens with zero attached hydrogens (tertiary/aromatic N) is 4. The van der Waals surface area contributed by atoms with E-state index in [0.29, 0.717) is 39.0 Å². The molecule has 0 amide bonds. The molecule has 1 atom stereocenters. The number of rotatable bonds is 4. The number of fused-ring (bicyclic) bond motifs is 1. The molecule has 0 saturated carbocycles. The fourth-order valence-corrected chi connectivity index (χ4v) is 3.87. The van der Waals surface area contributed by atoms with Crippen LogP contribution in [0.25, 0.3) is 21.3 Å². The summed E-state index contributed by atoms with van der Waals surface area (Å²) in [6, 6.07) is 16.2. The van der Waals surface area contributed by atoms with Crippen molar-refractivity contribution in [3.05, 3.63) is 92.8 Å². The Labute approximate surface area is 184 Å². The van der Waals surface area contributed by atoms with Gasteiger partial charge in [0.05, 0.1) is 28.7 Å². The molecule has 2 aromatic carbocycles. The lowest BCUT2D eigenvalue weighted by molar-refractivity contribution is 0.773. The van der Waals surface area contributed by atoms with Gasteiger partial charge in [-0.15, -0.1) is 0 Å². The molecule has 0 aliphatic rings. The third kappa shape index (κ3) is 3.69. The van der Waals surface area contributed by atoms with Crippen LogP contribution in [0.2, 0.25) is 5.02 Å². The van der Waals surface area contributed by atoms with E-state index in [1.54, 1.807) is 17.6 Å². The number of hydrogen-bond donors (Lipinski definition) is 2. The SMILES string of the molecule is [C-]#[N+]c1c(C)nc(N)nc1NC(C)c1cc2cccc(Cl)c2c(=O)n1-c1ccccc1. The van der Waals surface area contributed by atoms with Gasteiger partial charge >= 0.3 is 0 Å². The minimum absolute atomic E-state index is 0.0744. The Hall–Kier alpha value is -3.89. The van der Waals surface area contributed by atoms with Crippen molar-refractivity contribution in [2.24, 2.45) is 0 Å². The summed E-state index contributed by atoms with van der Waals surface area (Å²) >= 11 is 6.36. The highest BCUT2D eigenvalue weighted by Crippen LogP contribution is 2.31. The second-order valence-corrected chi connectivity index (χ2v) is 7.50. The second-order valence-electron chi connectivity index (χ2n) is 7.09. The molecule has 4 rings (SSSR count). The summed E-state index contributed by atoms with van der Waals surface area (Å²) in [7, 11) is 0. The maximum absolute atomic E-state index is 13.5. The van der Waals surface area contributed by atoms with Gasteiger partial charge in [-0.25, -0.2) is 14.8 Å². The number of pyridine rings is 1. The van der Waals surface area contributed by atoms with Crippen molar-refractivity contribution in [2.45, 2.75) is 19.9 Å². The molecule has 0 saturated heterocycles. The van der Waals surface area contributed by atoms with Gasteiger partial charge in [0.15, 0.2) is 0 Å². The third-order valence-corrected chi connectivity index (χ3v) is 5.34. The average Bonchev–Trinajstić information content (AvgIpc) is 2.74. The topological polar surface area (TPSA) is 90.2 Å². The van der Waals surface area contributed by atoms with E-state index in [0.717, 1.165) is 5.39 Å². The molecule has 0 fully saturated rings. The largest absolute Gasteiger partial charge is 0.371 e. The van der Waals surface area contributed by atoms with Gasteiger partial charge < -0.3 is 11.1 Å². The van der Waals surface area contributed by atoms with E-state index in [-0.39, 0.29) is 17.5 Å². The van der Waals surface area contributed by atoms with Crippen LogP contribution in [0.1, 0.15) is 24.4 Å². The highest BCUT2D eigenvalue weighted by molar-refractivity contribution is 6.35. The molecule has 0 spiro atoms. The molecule has 31 heavy (non-hydrogen) atoms. The number of aryl methyl sites for hydroxylation is 1. The first-order valence-corrected chi connectivity index (χ1v) is 9.96. The first-order valence-electron chi connectivity index (χ1n) is 9.58. The predicted molar refractivity (Wildman–Crippen MR) is 124 cm³/mol. The standard InChI is InChI=1S/C23H19ClN6O/c1-13(27-21-20(26-3)14(2)28-23(25)29-21)18-12-15-8-7-11-17(24)19(15)22(31)30(18)16-9-5-4-6-10-16/h4-13H,1-2H3,(H3,25,27,28,29). The zero-order valence-corrected chi connectivity index (χ0v) is 17.7. The summed E-state index contributed by atoms with van der Waals surface area (Å²) in [5.41, 5.74) is 7.76. The molecule has 0 radical (unpaired) electrons. The molecule has 1 unspecified atom stereocenters. The molecular weight excluding hydrogens is 412 g/mol. The Balaban J connectivity index is 1.94. The normalized spacial score (nSPS) is 11.8. The third-order valence-electron chi connectivity index (χ3n) is 5.02. The molecule has 0 bridgehead atoms. The van der Waals surface area contributed by atoms with Crippen molar-refractivity contribution >= 4 is 39.8 Å². The van der Waals surface area contributed by atoms with Crippen molar-refractivity contribution < 1.29 is 0 Å². The predicted octanol–water partition coefficient (Wildman–Crippen LogP) is 5.05. The van der Waals surface area contributed by atoms with E-state index >= 15 is 0 Å². The number of aromatic nitrogens is 3. The second kappa shape index (κ2) is 8.09. The number of para-hydroxylation sites is 1. The van der Waals surface area contributed by atoms with Crippen LogP contribution >= 0.6 is 11.6 Å². The summed E-state index contributed by atoms with van der Waals surface area (Å²) in [5.74, 6) is 0.399. The summed E-state index contributed by atoms with van der Waals surface area (Å²) in [5, 5.41) is 4.82. The lowest BCUT2D eigenvalue weighted by Crippen LogP contribution is -2.26.